The monoisotopic (exact) mass is 223 g/mol. The van der Waals surface area contributed by atoms with Crippen molar-refractivity contribution in [3.8, 4) is 0 Å². The SMILES string of the molecule is Cn1c(=O)c(CO)cc2cc(Cl)ccc21. The van der Waals surface area contributed by atoms with Crippen molar-refractivity contribution in [3.05, 3.63) is 45.2 Å². The minimum atomic E-state index is -0.255. The number of nitrogens with zero attached hydrogens (tertiary/aromatic N) is 1. The Bertz CT molecular complexity index is 575. The Hall–Kier alpha value is -1.32. The lowest BCUT2D eigenvalue weighted by Gasteiger charge is -2.07. The van der Waals surface area contributed by atoms with Gasteiger partial charge in [-0.15, -0.1) is 0 Å². The second kappa shape index (κ2) is 3.68. The van der Waals surface area contributed by atoms with Crippen molar-refractivity contribution in [1.82, 2.24) is 4.57 Å². The van der Waals surface area contributed by atoms with E-state index in [4.69, 9.17) is 16.7 Å². The molecule has 1 heterocycles. The Morgan fingerprint density at radius 2 is 2.13 bits per heavy atom. The average molecular weight is 224 g/mol. The molecule has 0 atom stereocenters. The van der Waals surface area contributed by atoms with E-state index in [2.05, 4.69) is 0 Å². The summed E-state index contributed by atoms with van der Waals surface area (Å²) < 4.78 is 1.51. The fraction of sp³-hybridized carbons (Fsp3) is 0.182. The molecule has 2 rings (SSSR count). The number of rotatable bonds is 1. The lowest BCUT2D eigenvalue weighted by molar-refractivity contribution is 0.279. The predicted molar refractivity (Wildman–Crippen MR) is 60.1 cm³/mol. The van der Waals surface area contributed by atoms with Gasteiger partial charge in [-0.2, -0.15) is 0 Å². The summed E-state index contributed by atoms with van der Waals surface area (Å²) in [6.45, 7) is -0.255. The summed E-state index contributed by atoms with van der Waals surface area (Å²) in [6, 6.07) is 6.97. The molecule has 4 heteroatoms. The van der Waals surface area contributed by atoms with Crippen LogP contribution in [0.1, 0.15) is 5.56 Å². The van der Waals surface area contributed by atoms with Crippen LogP contribution >= 0.6 is 11.6 Å². The van der Waals surface area contributed by atoms with Crippen LogP contribution in [0.4, 0.5) is 0 Å². The summed E-state index contributed by atoms with van der Waals surface area (Å²) in [5.41, 5.74) is 1.01. The maximum Gasteiger partial charge on any atom is 0.256 e. The van der Waals surface area contributed by atoms with Crippen LogP contribution in [-0.4, -0.2) is 9.67 Å². The number of aliphatic hydroxyl groups excluding tert-OH is 1. The number of benzene rings is 1. The van der Waals surface area contributed by atoms with Gasteiger partial charge in [0.25, 0.3) is 5.56 Å². The number of halogens is 1. The summed E-state index contributed by atoms with van der Waals surface area (Å²) in [7, 11) is 1.68. The molecule has 1 N–H and O–H groups in total. The van der Waals surface area contributed by atoms with Crippen molar-refractivity contribution in [2.24, 2.45) is 7.05 Å². The molecule has 0 bridgehead atoms. The number of aromatic nitrogens is 1. The number of hydrogen-bond acceptors (Lipinski definition) is 2. The summed E-state index contributed by atoms with van der Waals surface area (Å²) in [6.07, 6.45) is 0. The van der Waals surface area contributed by atoms with Crippen LogP contribution < -0.4 is 5.56 Å². The quantitative estimate of drug-likeness (QED) is 0.800. The summed E-state index contributed by atoms with van der Waals surface area (Å²) >= 11 is 5.86. The molecule has 0 aliphatic carbocycles. The molecule has 0 radical (unpaired) electrons. The van der Waals surface area contributed by atoms with Gasteiger partial charge >= 0.3 is 0 Å². The van der Waals surface area contributed by atoms with E-state index >= 15 is 0 Å². The third-order valence-corrected chi connectivity index (χ3v) is 2.67. The van der Waals surface area contributed by atoms with Gasteiger partial charge in [0.05, 0.1) is 12.1 Å². The number of aliphatic hydroxyl groups is 1. The van der Waals surface area contributed by atoms with Crippen LogP contribution in [0, 0.1) is 0 Å². The fourth-order valence-electron chi connectivity index (χ4n) is 1.63. The van der Waals surface area contributed by atoms with Crippen molar-refractivity contribution in [2.45, 2.75) is 6.61 Å². The van der Waals surface area contributed by atoms with Gasteiger partial charge in [0.15, 0.2) is 0 Å². The second-order valence-electron chi connectivity index (χ2n) is 3.39. The first-order chi connectivity index (χ1) is 7.13. The van der Waals surface area contributed by atoms with Crippen molar-refractivity contribution < 1.29 is 5.11 Å². The zero-order valence-electron chi connectivity index (χ0n) is 8.20. The van der Waals surface area contributed by atoms with Crippen molar-refractivity contribution in [3.63, 3.8) is 0 Å². The first-order valence-electron chi connectivity index (χ1n) is 4.52. The topological polar surface area (TPSA) is 42.2 Å². The van der Waals surface area contributed by atoms with E-state index in [0.717, 1.165) is 10.9 Å². The lowest BCUT2D eigenvalue weighted by Crippen LogP contribution is -2.21. The Labute approximate surface area is 91.5 Å². The Morgan fingerprint density at radius 1 is 1.40 bits per heavy atom. The van der Waals surface area contributed by atoms with Crippen LogP contribution in [0.15, 0.2) is 29.1 Å². The Kier molecular flexibility index (Phi) is 2.50. The maximum atomic E-state index is 11.7. The van der Waals surface area contributed by atoms with Crippen molar-refractivity contribution in [2.75, 3.05) is 0 Å². The molecule has 3 nitrogen and oxygen atoms in total. The number of fused-ring (bicyclic) bond motifs is 1. The van der Waals surface area contributed by atoms with Crippen molar-refractivity contribution in [1.29, 1.82) is 0 Å². The predicted octanol–water partition coefficient (Wildman–Crippen LogP) is 1.68. The minimum absolute atomic E-state index is 0.174. The van der Waals surface area contributed by atoms with Crippen molar-refractivity contribution >= 4 is 22.5 Å². The standard InChI is InChI=1S/C11H10ClNO2/c1-13-10-3-2-9(12)5-7(10)4-8(6-14)11(13)15/h2-5,14H,6H2,1H3. The molecule has 0 aliphatic rings. The normalized spacial score (nSPS) is 10.9. The summed E-state index contributed by atoms with van der Waals surface area (Å²) in [4.78, 5) is 11.7. The molecule has 2 aromatic rings. The molecule has 0 saturated heterocycles. The van der Waals surface area contributed by atoms with E-state index < -0.39 is 0 Å². The number of aryl methyl sites for hydroxylation is 1. The van der Waals surface area contributed by atoms with Crippen LogP contribution in [-0.2, 0) is 13.7 Å². The van der Waals surface area contributed by atoms with Gasteiger partial charge in [0.2, 0.25) is 0 Å². The highest BCUT2D eigenvalue weighted by molar-refractivity contribution is 6.31. The zero-order valence-corrected chi connectivity index (χ0v) is 8.95. The number of pyridine rings is 1. The highest BCUT2D eigenvalue weighted by Gasteiger charge is 2.05. The molecule has 1 aromatic heterocycles. The van der Waals surface area contributed by atoms with Crippen LogP contribution in [0.5, 0.6) is 0 Å². The van der Waals surface area contributed by atoms with Gasteiger partial charge < -0.3 is 9.67 Å². The molecule has 0 spiro atoms. The van der Waals surface area contributed by atoms with E-state index in [9.17, 15) is 4.79 Å². The molecule has 78 valence electrons. The van der Waals surface area contributed by atoms with Gasteiger partial charge in [-0.05, 0) is 24.3 Å². The molecule has 0 amide bonds. The maximum absolute atomic E-state index is 11.7. The van der Waals surface area contributed by atoms with E-state index in [1.54, 1.807) is 31.3 Å². The first kappa shape index (κ1) is 10.2. The minimum Gasteiger partial charge on any atom is -0.391 e. The van der Waals surface area contributed by atoms with Crippen LogP contribution in [0.3, 0.4) is 0 Å². The fourth-order valence-corrected chi connectivity index (χ4v) is 1.81. The summed E-state index contributed by atoms with van der Waals surface area (Å²) in [5, 5.41) is 10.5. The molecule has 15 heavy (non-hydrogen) atoms. The highest BCUT2D eigenvalue weighted by atomic mass is 35.5. The largest absolute Gasteiger partial charge is 0.391 e. The van der Waals surface area contributed by atoms with E-state index in [0.29, 0.717) is 10.6 Å². The lowest BCUT2D eigenvalue weighted by atomic mass is 10.1. The van der Waals surface area contributed by atoms with Gasteiger partial charge in [0.1, 0.15) is 0 Å². The van der Waals surface area contributed by atoms with Gasteiger partial charge in [0, 0.05) is 23.0 Å². The summed E-state index contributed by atoms with van der Waals surface area (Å²) in [5.74, 6) is 0. The highest BCUT2D eigenvalue weighted by Crippen LogP contribution is 2.18. The molecule has 0 unspecified atom stereocenters. The molecule has 0 fully saturated rings. The first-order valence-corrected chi connectivity index (χ1v) is 4.90. The van der Waals surface area contributed by atoms with E-state index in [-0.39, 0.29) is 12.2 Å². The Balaban J connectivity index is 2.91. The molecule has 0 saturated carbocycles. The average Bonchev–Trinajstić information content (AvgIpc) is 2.23. The van der Waals surface area contributed by atoms with E-state index in [1.807, 2.05) is 0 Å². The Morgan fingerprint density at radius 3 is 2.80 bits per heavy atom. The molecular formula is C11H10ClNO2. The molecular weight excluding hydrogens is 214 g/mol. The van der Waals surface area contributed by atoms with Gasteiger partial charge in [-0.25, -0.2) is 0 Å². The van der Waals surface area contributed by atoms with Crippen LogP contribution in [0.25, 0.3) is 10.9 Å². The van der Waals surface area contributed by atoms with E-state index in [1.165, 1.54) is 4.57 Å². The van der Waals surface area contributed by atoms with Crippen LogP contribution in [0.2, 0.25) is 5.02 Å². The smallest absolute Gasteiger partial charge is 0.256 e. The third kappa shape index (κ3) is 1.64. The zero-order chi connectivity index (χ0) is 11.0. The molecule has 0 aliphatic heterocycles. The second-order valence-corrected chi connectivity index (χ2v) is 3.83. The molecule has 1 aromatic carbocycles. The van der Waals surface area contributed by atoms with Gasteiger partial charge in [-0.1, -0.05) is 11.6 Å². The van der Waals surface area contributed by atoms with Gasteiger partial charge in [-0.3, -0.25) is 4.79 Å². The number of hydrogen-bond donors (Lipinski definition) is 1. The third-order valence-electron chi connectivity index (χ3n) is 2.43.